The Labute approximate surface area is 103 Å². The zero-order chi connectivity index (χ0) is 11.4. The molecule has 0 spiro atoms. The number of rotatable bonds is 2. The largest absolute Gasteiger partial charge is 0.398 e. The van der Waals surface area contributed by atoms with Gasteiger partial charge >= 0.3 is 0 Å². The molecule has 0 unspecified atom stereocenters. The molecule has 1 aliphatic rings. The number of hydrogen-bond acceptors (Lipinski definition) is 3. The SMILES string of the molecule is N/C(=C\S)c1cccc(N2CCCCC2)c1. The summed E-state index contributed by atoms with van der Waals surface area (Å²) >= 11 is 4.09. The van der Waals surface area contributed by atoms with Crippen LogP contribution in [0.4, 0.5) is 5.69 Å². The van der Waals surface area contributed by atoms with Crippen LogP contribution in [0.3, 0.4) is 0 Å². The van der Waals surface area contributed by atoms with Crippen LogP contribution in [0, 0.1) is 0 Å². The fourth-order valence-electron chi connectivity index (χ4n) is 2.11. The van der Waals surface area contributed by atoms with Crippen molar-refractivity contribution in [2.45, 2.75) is 19.3 Å². The lowest BCUT2D eigenvalue weighted by molar-refractivity contribution is 0.578. The van der Waals surface area contributed by atoms with Crippen LogP contribution in [0.1, 0.15) is 24.8 Å². The van der Waals surface area contributed by atoms with Crippen molar-refractivity contribution < 1.29 is 0 Å². The number of benzene rings is 1. The third-order valence-electron chi connectivity index (χ3n) is 3.04. The topological polar surface area (TPSA) is 29.3 Å². The Morgan fingerprint density at radius 3 is 2.69 bits per heavy atom. The van der Waals surface area contributed by atoms with E-state index >= 15 is 0 Å². The van der Waals surface area contributed by atoms with Crippen molar-refractivity contribution >= 4 is 24.0 Å². The van der Waals surface area contributed by atoms with Crippen molar-refractivity contribution in [2.24, 2.45) is 5.73 Å². The normalized spacial score (nSPS) is 17.6. The molecule has 0 saturated carbocycles. The van der Waals surface area contributed by atoms with Crippen LogP contribution < -0.4 is 10.6 Å². The number of hydrogen-bond donors (Lipinski definition) is 2. The molecule has 2 N–H and O–H groups in total. The van der Waals surface area contributed by atoms with Crippen molar-refractivity contribution in [1.82, 2.24) is 0 Å². The average molecular weight is 234 g/mol. The molecule has 0 aliphatic carbocycles. The molecule has 1 aromatic carbocycles. The highest BCUT2D eigenvalue weighted by molar-refractivity contribution is 7.83. The molecule has 0 bridgehead atoms. The third kappa shape index (κ3) is 2.53. The Balaban J connectivity index is 2.21. The van der Waals surface area contributed by atoms with Crippen molar-refractivity contribution in [3.05, 3.63) is 35.2 Å². The van der Waals surface area contributed by atoms with Gasteiger partial charge in [-0.25, -0.2) is 0 Å². The molecule has 16 heavy (non-hydrogen) atoms. The zero-order valence-corrected chi connectivity index (χ0v) is 10.3. The first-order valence-electron chi connectivity index (χ1n) is 5.76. The second-order valence-electron chi connectivity index (χ2n) is 4.18. The van der Waals surface area contributed by atoms with Gasteiger partial charge in [-0.15, -0.1) is 12.6 Å². The highest BCUT2D eigenvalue weighted by Gasteiger charge is 2.11. The second kappa shape index (κ2) is 5.30. The van der Waals surface area contributed by atoms with Crippen molar-refractivity contribution in [1.29, 1.82) is 0 Å². The van der Waals surface area contributed by atoms with Gasteiger partial charge in [0.1, 0.15) is 0 Å². The zero-order valence-electron chi connectivity index (χ0n) is 9.39. The quantitative estimate of drug-likeness (QED) is 0.771. The van der Waals surface area contributed by atoms with Crippen molar-refractivity contribution in [3.63, 3.8) is 0 Å². The molecule has 1 saturated heterocycles. The summed E-state index contributed by atoms with van der Waals surface area (Å²) in [5, 5.41) is 1.65. The minimum Gasteiger partial charge on any atom is -0.398 e. The Hall–Kier alpha value is -1.09. The number of nitrogens with two attached hydrogens (primary N) is 1. The van der Waals surface area contributed by atoms with Crippen molar-refractivity contribution in [2.75, 3.05) is 18.0 Å². The number of anilines is 1. The lowest BCUT2D eigenvalue weighted by atomic mass is 10.1. The van der Waals surface area contributed by atoms with Crippen LogP contribution in [0.15, 0.2) is 29.7 Å². The van der Waals surface area contributed by atoms with Gasteiger partial charge in [0.15, 0.2) is 0 Å². The minimum atomic E-state index is 0.724. The van der Waals surface area contributed by atoms with Crippen molar-refractivity contribution in [3.8, 4) is 0 Å². The maximum absolute atomic E-state index is 5.86. The van der Waals surface area contributed by atoms with Gasteiger partial charge in [0.25, 0.3) is 0 Å². The summed E-state index contributed by atoms with van der Waals surface area (Å²) in [6.07, 6.45) is 3.94. The molecule has 3 heteroatoms. The van der Waals surface area contributed by atoms with E-state index < -0.39 is 0 Å². The summed E-state index contributed by atoms with van der Waals surface area (Å²) in [5.74, 6) is 0. The standard InChI is InChI=1S/C13H18N2S/c14-13(10-16)11-5-4-6-12(9-11)15-7-2-1-3-8-15/h4-6,9-10,16H,1-3,7-8,14H2/b13-10-. The highest BCUT2D eigenvalue weighted by atomic mass is 32.1. The van der Waals surface area contributed by atoms with Gasteiger partial charge in [0.2, 0.25) is 0 Å². The van der Waals surface area contributed by atoms with Gasteiger partial charge in [-0.3, -0.25) is 0 Å². The Morgan fingerprint density at radius 1 is 1.25 bits per heavy atom. The molecule has 2 nitrogen and oxygen atoms in total. The van der Waals surface area contributed by atoms with Crippen LogP contribution in [-0.2, 0) is 0 Å². The fraction of sp³-hybridized carbons (Fsp3) is 0.385. The van der Waals surface area contributed by atoms with Gasteiger partial charge in [0.05, 0.1) is 0 Å². The molecule has 2 rings (SSSR count). The van der Waals surface area contributed by atoms with Crippen LogP contribution >= 0.6 is 12.6 Å². The summed E-state index contributed by atoms with van der Waals surface area (Å²) in [7, 11) is 0. The predicted octanol–water partition coefficient (Wildman–Crippen LogP) is 2.86. The van der Waals surface area contributed by atoms with Crippen LogP contribution in [0.5, 0.6) is 0 Å². The maximum Gasteiger partial charge on any atom is 0.0449 e. The van der Waals surface area contributed by atoms with E-state index in [-0.39, 0.29) is 0 Å². The Morgan fingerprint density at radius 2 is 2.00 bits per heavy atom. The van der Waals surface area contributed by atoms with Gasteiger partial charge in [-0.2, -0.15) is 0 Å². The van der Waals surface area contributed by atoms with Crippen LogP contribution in [0.2, 0.25) is 0 Å². The minimum absolute atomic E-state index is 0.724. The number of piperidine rings is 1. The number of thiol groups is 1. The fourth-order valence-corrected chi connectivity index (χ4v) is 2.26. The summed E-state index contributed by atoms with van der Waals surface area (Å²) in [6, 6.07) is 8.38. The third-order valence-corrected chi connectivity index (χ3v) is 3.32. The van der Waals surface area contributed by atoms with E-state index in [0.29, 0.717) is 0 Å². The predicted molar refractivity (Wildman–Crippen MR) is 73.7 cm³/mol. The molecular weight excluding hydrogens is 216 g/mol. The summed E-state index contributed by atoms with van der Waals surface area (Å²) in [4.78, 5) is 2.43. The molecule has 0 aromatic heterocycles. The summed E-state index contributed by atoms with van der Waals surface area (Å²) < 4.78 is 0. The lowest BCUT2D eigenvalue weighted by Gasteiger charge is -2.29. The van der Waals surface area contributed by atoms with Gasteiger partial charge in [0, 0.05) is 24.5 Å². The Bertz CT molecular complexity index is 381. The Kier molecular flexibility index (Phi) is 3.78. The smallest absolute Gasteiger partial charge is 0.0449 e. The molecule has 86 valence electrons. The van der Waals surface area contributed by atoms with Crippen LogP contribution in [0.25, 0.3) is 5.70 Å². The first kappa shape index (κ1) is 11.4. The second-order valence-corrected chi connectivity index (χ2v) is 4.44. The molecule has 1 aromatic rings. The van der Waals surface area contributed by atoms with E-state index in [2.05, 4.69) is 35.7 Å². The monoisotopic (exact) mass is 234 g/mol. The molecule has 0 radical (unpaired) electrons. The first-order chi connectivity index (χ1) is 7.81. The highest BCUT2D eigenvalue weighted by Crippen LogP contribution is 2.22. The molecule has 1 aliphatic heterocycles. The van der Waals surface area contributed by atoms with Gasteiger partial charge in [-0.05, 0) is 42.4 Å². The van der Waals surface area contributed by atoms with Gasteiger partial charge in [-0.1, -0.05) is 12.1 Å². The van der Waals surface area contributed by atoms with E-state index in [1.54, 1.807) is 5.41 Å². The van der Waals surface area contributed by atoms with E-state index in [1.807, 2.05) is 6.07 Å². The molecule has 1 fully saturated rings. The first-order valence-corrected chi connectivity index (χ1v) is 6.28. The summed E-state index contributed by atoms with van der Waals surface area (Å²) in [5.41, 5.74) is 8.91. The molecule has 0 atom stereocenters. The van der Waals surface area contributed by atoms with E-state index in [1.165, 1.54) is 24.9 Å². The number of nitrogens with zero attached hydrogens (tertiary/aromatic N) is 1. The maximum atomic E-state index is 5.86. The van der Waals surface area contributed by atoms with E-state index in [0.717, 1.165) is 24.4 Å². The lowest BCUT2D eigenvalue weighted by Crippen LogP contribution is -2.29. The van der Waals surface area contributed by atoms with E-state index in [4.69, 9.17) is 5.73 Å². The van der Waals surface area contributed by atoms with Crippen LogP contribution in [-0.4, -0.2) is 13.1 Å². The summed E-state index contributed by atoms with van der Waals surface area (Å²) in [6.45, 7) is 2.32. The molecule has 0 amide bonds. The molecular formula is C13H18N2S. The van der Waals surface area contributed by atoms with Gasteiger partial charge < -0.3 is 10.6 Å². The molecule has 1 heterocycles. The van der Waals surface area contributed by atoms with E-state index in [9.17, 15) is 0 Å². The average Bonchev–Trinajstić information content (AvgIpc) is 2.39.